The molecule has 0 aliphatic rings. The van der Waals surface area contributed by atoms with Crippen LogP contribution < -0.4 is 0 Å². The largest absolute Gasteiger partial charge is 0.455 e. The summed E-state index contributed by atoms with van der Waals surface area (Å²) in [5.41, 5.74) is 0.826. The maximum absolute atomic E-state index is 11.5. The van der Waals surface area contributed by atoms with E-state index in [-0.39, 0.29) is 12.4 Å². The molecule has 2 rings (SSSR count). The normalized spacial score (nSPS) is 9.75. The summed E-state index contributed by atoms with van der Waals surface area (Å²) in [6.07, 6.45) is 6.28. The highest BCUT2D eigenvalue weighted by Crippen LogP contribution is 2.00. The highest BCUT2D eigenvalue weighted by atomic mass is 16.5. The molecule has 5 nitrogen and oxygen atoms in total. The first kappa shape index (κ1) is 10.2. The summed E-state index contributed by atoms with van der Waals surface area (Å²) < 4.78 is 5.01. The lowest BCUT2D eigenvalue weighted by Gasteiger charge is -2.02. The van der Waals surface area contributed by atoms with Gasteiger partial charge in [-0.15, -0.1) is 0 Å². The van der Waals surface area contributed by atoms with Gasteiger partial charge in [0, 0.05) is 30.4 Å². The van der Waals surface area contributed by atoms with E-state index in [0.29, 0.717) is 0 Å². The molecule has 0 saturated carbocycles. The summed E-state index contributed by atoms with van der Waals surface area (Å²) >= 11 is 0. The predicted octanol–water partition coefficient (Wildman–Crippen LogP) is 1.23. The number of aromatic nitrogens is 3. The fraction of sp³-hybridized carbons (Fsp3) is 0.0909. The van der Waals surface area contributed by atoms with Crippen molar-refractivity contribution < 1.29 is 9.53 Å². The standard InChI is InChI=1S/C11H9N3O2/c15-11(10-13-5-2-6-14-10)16-8-9-3-1-4-12-7-9/h1-7H,8H2. The van der Waals surface area contributed by atoms with Gasteiger partial charge in [0.25, 0.3) is 0 Å². The van der Waals surface area contributed by atoms with Crippen molar-refractivity contribution in [3.05, 3.63) is 54.4 Å². The summed E-state index contributed by atoms with van der Waals surface area (Å²) in [6.45, 7) is 0.172. The van der Waals surface area contributed by atoms with Gasteiger partial charge in [0.15, 0.2) is 0 Å². The lowest BCUT2D eigenvalue weighted by atomic mass is 10.3. The van der Waals surface area contributed by atoms with Crippen molar-refractivity contribution >= 4 is 5.97 Å². The second kappa shape index (κ2) is 4.97. The molecule has 0 unspecified atom stereocenters. The Bertz CT molecular complexity index is 459. The molecule has 16 heavy (non-hydrogen) atoms. The van der Waals surface area contributed by atoms with Gasteiger partial charge in [-0.1, -0.05) is 6.07 Å². The fourth-order valence-corrected chi connectivity index (χ4v) is 1.10. The molecule has 0 bridgehead atoms. The summed E-state index contributed by atoms with van der Waals surface area (Å²) in [5.74, 6) is -0.476. The van der Waals surface area contributed by atoms with Crippen LogP contribution in [0.5, 0.6) is 0 Å². The van der Waals surface area contributed by atoms with Gasteiger partial charge in [-0.2, -0.15) is 0 Å². The lowest BCUT2D eigenvalue weighted by Crippen LogP contribution is -2.09. The predicted molar refractivity (Wildman–Crippen MR) is 55.4 cm³/mol. The Morgan fingerprint density at radius 3 is 2.69 bits per heavy atom. The molecule has 0 fully saturated rings. The second-order valence-electron chi connectivity index (χ2n) is 3.01. The number of carbonyl (C=O) groups is 1. The molecule has 0 saturated heterocycles. The molecule has 2 aromatic heterocycles. The van der Waals surface area contributed by atoms with E-state index in [9.17, 15) is 4.79 Å². The molecule has 0 spiro atoms. The summed E-state index contributed by atoms with van der Waals surface area (Å²) in [4.78, 5) is 22.9. The van der Waals surface area contributed by atoms with Gasteiger partial charge in [-0.05, 0) is 12.1 Å². The molecule has 0 aliphatic heterocycles. The first-order valence-corrected chi connectivity index (χ1v) is 4.69. The Morgan fingerprint density at radius 1 is 1.19 bits per heavy atom. The minimum Gasteiger partial charge on any atom is -0.455 e. The van der Waals surface area contributed by atoms with Crippen LogP contribution >= 0.6 is 0 Å². The first-order chi connectivity index (χ1) is 7.86. The average molecular weight is 215 g/mol. The summed E-state index contributed by atoms with van der Waals surface area (Å²) in [7, 11) is 0. The van der Waals surface area contributed by atoms with Crippen LogP contribution in [0.1, 0.15) is 16.2 Å². The minimum absolute atomic E-state index is 0.0615. The van der Waals surface area contributed by atoms with Gasteiger partial charge < -0.3 is 4.74 Å². The molecule has 0 N–H and O–H groups in total. The second-order valence-corrected chi connectivity index (χ2v) is 3.01. The molecule has 0 amide bonds. The number of ether oxygens (including phenoxy) is 1. The van der Waals surface area contributed by atoms with Crippen molar-refractivity contribution in [2.45, 2.75) is 6.61 Å². The van der Waals surface area contributed by atoms with Crippen molar-refractivity contribution in [3.63, 3.8) is 0 Å². The van der Waals surface area contributed by atoms with Crippen molar-refractivity contribution in [3.8, 4) is 0 Å². The van der Waals surface area contributed by atoms with Crippen molar-refractivity contribution in [1.29, 1.82) is 0 Å². The van der Waals surface area contributed by atoms with Crippen molar-refractivity contribution in [2.75, 3.05) is 0 Å². The van der Waals surface area contributed by atoms with E-state index in [2.05, 4.69) is 15.0 Å². The van der Waals surface area contributed by atoms with Crippen LogP contribution in [0.25, 0.3) is 0 Å². The van der Waals surface area contributed by atoms with Gasteiger partial charge in [0.05, 0.1) is 0 Å². The van der Waals surface area contributed by atoms with Crippen molar-refractivity contribution in [1.82, 2.24) is 15.0 Å². The summed E-state index contributed by atoms with van der Waals surface area (Å²) in [6, 6.07) is 5.24. The zero-order valence-electron chi connectivity index (χ0n) is 8.41. The van der Waals surface area contributed by atoms with Crippen LogP contribution in [0.4, 0.5) is 0 Å². The van der Waals surface area contributed by atoms with Crippen LogP contribution in [0.2, 0.25) is 0 Å². The zero-order valence-corrected chi connectivity index (χ0v) is 8.41. The number of carbonyl (C=O) groups excluding carboxylic acids is 1. The van der Waals surface area contributed by atoms with Gasteiger partial charge in [0.1, 0.15) is 6.61 Å². The summed E-state index contributed by atoms with van der Waals surface area (Å²) in [5, 5.41) is 0. The number of nitrogens with zero attached hydrogens (tertiary/aromatic N) is 3. The number of rotatable bonds is 3. The topological polar surface area (TPSA) is 65.0 Å². The van der Waals surface area contributed by atoms with Crippen LogP contribution in [0.15, 0.2) is 43.0 Å². The Morgan fingerprint density at radius 2 is 2.00 bits per heavy atom. The van der Waals surface area contributed by atoms with E-state index < -0.39 is 5.97 Å². The number of esters is 1. The molecule has 0 atom stereocenters. The molecule has 2 heterocycles. The highest BCUT2D eigenvalue weighted by Gasteiger charge is 2.09. The van der Waals surface area contributed by atoms with Gasteiger partial charge in [-0.3, -0.25) is 4.98 Å². The quantitative estimate of drug-likeness (QED) is 0.720. The van der Waals surface area contributed by atoms with E-state index in [1.165, 1.54) is 12.4 Å². The third kappa shape index (κ3) is 2.60. The van der Waals surface area contributed by atoms with E-state index in [0.717, 1.165) is 5.56 Å². The van der Waals surface area contributed by atoms with Crippen LogP contribution in [-0.4, -0.2) is 20.9 Å². The molecule has 80 valence electrons. The zero-order chi connectivity index (χ0) is 11.2. The molecule has 5 heteroatoms. The minimum atomic E-state index is -0.538. The number of hydrogen-bond donors (Lipinski definition) is 0. The first-order valence-electron chi connectivity index (χ1n) is 4.69. The van der Waals surface area contributed by atoms with Gasteiger partial charge >= 0.3 is 5.97 Å². The Hall–Kier alpha value is -2.30. The van der Waals surface area contributed by atoms with Crippen LogP contribution in [-0.2, 0) is 11.3 Å². The Balaban J connectivity index is 1.95. The highest BCUT2D eigenvalue weighted by molar-refractivity contribution is 5.84. The molecule has 0 aliphatic carbocycles. The molecule has 2 aromatic rings. The lowest BCUT2D eigenvalue weighted by molar-refractivity contribution is 0.0457. The van der Waals surface area contributed by atoms with Gasteiger partial charge in [0.2, 0.25) is 5.82 Å². The molecular formula is C11H9N3O2. The third-order valence-electron chi connectivity index (χ3n) is 1.84. The van der Waals surface area contributed by atoms with E-state index in [4.69, 9.17) is 4.74 Å². The van der Waals surface area contributed by atoms with E-state index >= 15 is 0 Å². The Kier molecular flexibility index (Phi) is 3.18. The van der Waals surface area contributed by atoms with E-state index in [1.54, 1.807) is 24.5 Å². The molecular weight excluding hydrogens is 206 g/mol. The van der Waals surface area contributed by atoms with Crippen LogP contribution in [0.3, 0.4) is 0 Å². The number of hydrogen-bond acceptors (Lipinski definition) is 5. The third-order valence-corrected chi connectivity index (χ3v) is 1.84. The fourth-order valence-electron chi connectivity index (χ4n) is 1.10. The van der Waals surface area contributed by atoms with Crippen molar-refractivity contribution in [2.24, 2.45) is 0 Å². The van der Waals surface area contributed by atoms with Crippen LogP contribution in [0, 0.1) is 0 Å². The Labute approximate surface area is 92.2 Å². The van der Waals surface area contributed by atoms with Gasteiger partial charge in [-0.25, -0.2) is 14.8 Å². The monoisotopic (exact) mass is 215 g/mol. The average Bonchev–Trinajstić information content (AvgIpc) is 2.38. The number of pyridine rings is 1. The SMILES string of the molecule is O=C(OCc1cccnc1)c1ncccn1. The molecule has 0 radical (unpaired) electrons. The maximum Gasteiger partial charge on any atom is 0.376 e. The van der Waals surface area contributed by atoms with E-state index in [1.807, 2.05) is 6.07 Å². The molecule has 0 aromatic carbocycles. The maximum atomic E-state index is 11.5. The smallest absolute Gasteiger partial charge is 0.376 e.